The van der Waals surface area contributed by atoms with E-state index in [0.717, 1.165) is 0 Å². The number of halogens is 4. The second-order valence-electron chi connectivity index (χ2n) is 8.47. The normalized spacial score (nSPS) is 33.8. The molecule has 0 bridgehead atoms. The van der Waals surface area contributed by atoms with E-state index < -0.39 is 90.5 Å². The molecule has 8 nitrogen and oxygen atoms in total. The number of hydrogen-bond acceptors (Lipinski definition) is 4. The average molecular weight is 456 g/mol. The molecule has 2 aliphatic rings. The predicted molar refractivity (Wildman–Crippen MR) is 93.6 cm³/mol. The van der Waals surface area contributed by atoms with Crippen molar-refractivity contribution in [3.8, 4) is 0 Å². The summed E-state index contributed by atoms with van der Waals surface area (Å²) in [6.45, 7) is -1.93. The lowest BCUT2D eigenvalue weighted by molar-refractivity contribution is -0.280. The molecule has 0 radical (unpaired) electrons. The van der Waals surface area contributed by atoms with Gasteiger partial charge in [-0.05, 0) is 50.4 Å². The van der Waals surface area contributed by atoms with Gasteiger partial charge < -0.3 is 20.4 Å². The van der Waals surface area contributed by atoms with Crippen molar-refractivity contribution in [1.82, 2.24) is 0 Å². The van der Waals surface area contributed by atoms with Gasteiger partial charge in [0.05, 0.1) is 29.1 Å². The van der Waals surface area contributed by atoms with Crippen molar-refractivity contribution in [3.05, 3.63) is 0 Å². The molecule has 12 heteroatoms. The molecule has 0 aromatic rings. The highest BCUT2D eigenvalue weighted by Crippen LogP contribution is 2.59. The molecule has 4 N–H and O–H groups in total. The second kappa shape index (κ2) is 8.99. The molecule has 2 saturated carbocycles. The highest BCUT2D eigenvalue weighted by molar-refractivity contribution is 5.81. The first kappa shape index (κ1) is 24.9. The lowest BCUT2D eigenvalue weighted by Gasteiger charge is -2.50. The Kier molecular flexibility index (Phi) is 7.21. The lowest BCUT2D eigenvalue weighted by Crippen LogP contribution is -2.56. The van der Waals surface area contributed by atoms with E-state index >= 15 is 0 Å². The summed E-state index contributed by atoms with van der Waals surface area (Å²) >= 11 is 0. The van der Waals surface area contributed by atoms with E-state index in [1.165, 1.54) is 0 Å². The molecular formula is C19H24F4O8. The zero-order valence-corrected chi connectivity index (χ0v) is 16.3. The number of alkyl halides is 4. The van der Waals surface area contributed by atoms with Crippen LogP contribution < -0.4 is 0 Å². The van der Waals surface area contributed by atoms with E-state index in [-0.39, 0.29) is 25.7 Å². The van der Waals surface area contributed by atoms with Crippen molar-refractivity contribution < 1.29 is 57.2 Å². The molecular weight excluding hydrogens is 432 g/mol. The molecule has 0 amide bonds. The first-order chi connectivity index (χ1) is 14.3. The Morgan fingerprint density at radius 3 is 1.19 bits per heavy atom. The maximum absolute atomic E-state index is 14.3. The van der Waals surface area contributed by atoms with Crippen molar-refractivity contribution in [2.24, 2.45) is 40.9 Å². The predicted octanol–water partition coefficient (Wildman–Crippen LogP) is 2.91. The van der Waals surface area contributed by atoms with Gasteiger partial charge in [0, 0.05) is 0 Å². The van der Waals surface area contributed by atoms with Crippen molar-refractivity contribution in [1.29, 1.82) is 0 Å². The minimum absolute atomic E-state index is 0.387. The summed E-state index contributed by atoms with van der Waals surface area (Å²) in [6.07, 6.45) is -8.15. The van der Waals surface area contributed by atoms with Gasteiger partial charge in [0.15, 0.2) is 0 Å². The first-order valence-corrected chi connectivity index (χ1v) is 9.81. The summed E-state index contributed by atoms with van der Waals surface area (Å²) in [4.78, 5) is 45.7. The zero-order valence-electron chi connectivity index (χ0n) is 16.3. The van der Waals surface area contributed by atoms with Gasteiger partial charge in [0.25, 0.3) is 0 Å². The van der Waals surface area contributed by atoms with E-state index in [1.807, 2.05) is 0 Å². The van der Waals surface area contributed by atoms with Crippen LogP contribution in [0, 0.1) is 40.9 Å². The van der Waals surface area contributed by atoms with Crippen LogP contribution >= 0.6 is 0 Å². The monoisotopic (exact) mass is 456 g/mol. The fraction of sp³-hybridized carbons (Fsp3) is 0.789. The molecule has 0 heterocycles. The molecule has 2 fully saturated rings. The second-order valence-corrected chi connectivity index (χ2v) is 8.47. The number of carbonyl (C=O) groups is 4. The molecule has 6 atom stereocenters. The van der Waals surface area contributed by atoms with E-state index in [1.54, 1.807) is 0 Å². The summed E-state index contributed by atoms with van der Waals surface area (Å²) in [5.41, 5.74) is -3.08. The third-order valence-corrected chi connectivity index (χ3v) is 7.18. The Bertz CT molecular complexity index is 687. The molecule has 31 heavy (non-hydrogen) atoms. The maximum atomic E-state index is 14.3. The minimum atomic E-state index is -5.17. The minimum Gasteiger partial charge on any atom is -0.481 e. The highest BCUT2D eigenvalue weighted by atomic mass is 19.4. The van der Waals surface area contributed by atoms with Crippen LogP contribution in [-0.4, -0.2) is 57.2 Å². The smallest absolute Gasteiger partial charge is 0.397 e. The number of hydrogen-bond donors (Lipinski definition) is 4. The fourth-order valence-corrected chi connectivity index (χ4v) is 5.50. The summed E-state index contributed by atoms with van der Waals surface area (Å²) in [7, 11) is 0. The number of aliphatic carboxylic acids is 4. The Morgan fingerprint density at radius 1 is 0.645 bits per heavy atom. The highest BCUT2D eigenvalue weighted by Gasteiger charge is 2.65. The van der Waals surface area contributed by atoms with Gasteiger partial charge in [-0.25, -0.2) is 0 Å². The molecule has 176 valence electrons. The van der Waals surface area contributed by atoms with Crippen molar-refractivity contribution in [2.75, 3.05) is 6.67 Å². The molecule has 0 aliphatic heterocycles. The summed E-state index contributed by atoms with van der Waals surface area (Å²) in [5.74, 6) is -15.4. The molecule has 0 aromatic carbocycles. The Balaban J connectivity index is 2.46. The van der Waals surface area contributed by atoms with E-state index in [4.69, 9.17) is 0 Å². The third-order valence-electron chi connectivity index (χ3n) is 7.18. The van der Waals surface area contributed by atoms with Crippen LogP contribution in [0.4, 0.5) is 17.6 Å². The van der Waals surface area contributed by atoms with Crippen LogP contribution in [0.2, 0.25) is 0 Å². The van der Waals surface area contributed by atoms with Gasteiger partial charge in [0.2, 0.25) is 0 Å². The van der Waals surface area contributed by atoms with Crippen LogP contribution in [0.3, 0.4) is 0 Å². The molecule has 0 aromatic heterocycles. The van der Waals surface area contributed by atoms with E-state index in [9.17, 15) is 57.2 Å². The van der Waals surface area contributed by atoms with E-state index in [2.05, 4.69) is 0 Å². The SMILES string of the molecule is O=C(O)C1CCC(C(CF)(C2CCC(C(=O)O)C(C(=O)O)C2)C(F)(F)F)CC1C(=O)O. The molecule has 2 aliphatic carbocycles. The van der Waals surface area contributed by atoms with Crippen molar-refractivity contribution >= 4 is 23.9 Å². The first-order valence-electron chi connectivity index (χ1n) is 9.81. The Morgan fingerprint density at radius 2 is 0.968 bits per heavy atom. The van der Waals surface area contributed by atoms with Gasteiger partial charge in [-0.1, -0.05) is 0 Å². The average Bonchev–Trinajstić information content (AvgIpc) is 2.67. The van der Waals surface area contributed by atoms with Crippen LogP contribution in [0.1, 0.15) is 38.5 Å². The molecule has 0 spiro atoms. The van der Waals surface area contributed by atoms with Crippen molar-refractivity contribution in [3.63, 3.8) is 0 Å². The molecule has 6 unspecified atom stereocenters. The van der Waals surface area contributed by atoms with Gasteiger partial charge in [-0.3, -0.25) is 23.6 Å². The molecule has 0 saturated heterocycles. The van der Waals surface area contributed by atoms with Gasteiger partial charge >= 0.3 is 30.1 Å². The zero-order chi connectivity index (χ0) is 23.7. The number of rotatable bonds is 7. The van der Waals surface area contributed by atoms with Gasteiger partial charge in [-0.15, -0.1) is 0 Å². The van der Waals surface area contributed by atoms with Gasteiger partial charge in [-0.2, -0.15) is 13.2 Å². The summed E-state index contributed by atoms with van der Waals surface area (Å²) in [5, 5.41) is 37.1. The Labute approximate surface area is 174 Å². The fourth-order valence-electron chi connectivity index (χ4n) is 5.50. The maximum Gasteiger partial charge on any atom is 0.397 e. The lowest BCUT2D eigenvalue weighted by atomic mass is 9.54. The van der Waals surface area contributed by atoms with Crippen LogP contribution in [0.5, 0.6) is 0 Å². The molecule has 2 rings (SSSR count). The van der Waals surface area contributed by atoms with E-state index in [0.29, 0.717) is 0 Å². The quantitative estimate of drug-likeness (QED) is 0.427. The standard InChI is InChI=1S/C19H24F4O8/c20-7-18(19(21,22)23,8-1-3-10(14(24)25)12(5-8)16(28)29)9-2-4-11(15(26)27)13(6-9)17(30)31/h8-13H,1-7H2,(H,24,25)(H,26,27)(H,28,29)(H,30,31). The van der Waals surface area contributed by atoms with Crippen LogP contribution in [-0.2, 0) is 19.2 Å². The number of carboxylic acid groups (broad SMARTS) is 4. The topological polar surface area (TPSA) is 149 Å². The largest absolute Gasteiger partial charge is 0.481 e. The summed E-state index contributed by atoms with van der Waals surface area (Å²) < 4.78 is 57.3. The summed E-state index contributed by atoms with van der Waals surface area (Å²) in [6, 6.07) is 0. The van der Waals surface area contributed by atoms with Crippen molar-refractivity contribution in [2.45, 2.75) is 44.7 Å². The van der Waals surface area contributed by atoms with Crippen LogP contribution in [0.15, 0.2) is 0 Å². The third kappa shape index (κ3) is 4.47. The number of carboxylic acids is 4. The Hall–Kier alpha value is -2.40. The van der Waals surface area contributed by atoms with Gasteiger partial charge in [0.1, 0.15) is 6.67 Å². The van der Waals surface area contributed by atoms with Crippen LogP contribution in [0.25, 0.3) is 0 Å².